The number of alkyl halides is 2. The van der Waals surface area contributed by atoms with Gasteiger partial charge in [-0.1, -0.05) is 0 Å². The van der Waals surface area contributed by atoms with E-state index in [1.807, 2.05) is 0 Å². The molecule has 0 aromatic carbocycles. The van der Waals surface area contributed by atoms with E-state index in [0.717, 1.165) is 31.1 Å². The minimum atomic E-state index is -1.50. The highest BCUT2D eigenvalue weighted by atomic mass is 32.1. The first-order chi connectivity index (χ1) is 11.1. The monoisotopic (exact) mass is 364 g/mol. The largest absolute Gasteiger partial charge is 0.312 e. The van der Waals surface area contributed by atoms with Crippen LogP contribution in [0.25, 0.3) is 0 Å². The van der Waals surface area contributed by atoms with Gasteiger partial charge in [-0.2, -0.15) is 12.6 Å². The maximum absolute atomic E-state index is 14.5. The fraction of sp³-hybridized carbons (Fsp3) is 1.00. The first-order valence-electron chi connectivity index (χ1n) is 9.36. The van der Waals surface area contributed by atoms with Crippen LogP contribution in [-0.2, 0) is 4.18 Å². The molecular formula is C18H30F2OS2. The summed E-state index contributed by atoms with van der Waals surface area (Å²) in [5.74, 6) is 1.91. The van der Waals surface area contributed by atoms with Gasteiger partial charge < -0.3 is 4.18 Å². The Morgan fingerprint density at radius 1 is 0.652 bits per heavy atom. The standard InChI is InChI=1S/C18H30F2OS2/c19-17-15(9-10-16(21-23)18(17)20)13-3-1-11(2-4-13)12-5-7-14(22)8-6-12/h11-18,22-23H,1-10H2. The molecule has 0 bridgehead atoms. The minimum Gasteiger partial charge on any atom is -0.312 e. The van der Waals surface area contributed by atoms with Crippen molar-refractivity contribution in [3.63, 3.8) is 0 Å². The van der Waals surface area contributed by atoms with E-state index in [0.29, 0.717) is 17.6 Å². The summed E-state index contributed by atoms with van der Waals surface area (Å²) in [4.78, 5) is 0. The van der Waals surface area contributed by atoms with Crippen molar-refractivity contribution in [1.29, 1.82) is 0 Å². The average molecular weight is 365 g/mol. The molecule has 3 aliphatic carbocycles. The van der Waals surface area contributed by atoms with E-state index < -0.39 is 18.4 Å². The SMILES string of the molecule is FC1C(OS)CCC(C2CCC(C3CCC(S)CC3)CC2)C1F. The Balaban J connectivity index is 1.49. The molecule has 0 aromatic rings. The second-order valence-corrected chi connectivity index (χ2v) is 8.96. The Hall–Kier alpha value is 0.520. The Bertz CT molecular complexity index is 368. The summed E-state index contributed by atoms with van der Waals surface area (Å²) >= 11 is 8.27. The van der Waals surface area contributed by atoms with Crippen LogP contribution in [0.4, 0.5) is 8.78 Å². The van der Waals surface area contributed by atoms with E-state index in [4.69, 9.17) is 4.18 Å². The van der Waals surface area contributed by atoms with Crippen LogP contribution in [0.15, 0.2) is 0 Å². The minimum absolute atomic E-state index is 0.112. The Morgan fingerprint density at radius 3 is 1.74 bits per heavy atom. The van der Waals surface area contributed by atoms with Gasteiger partial charge in [0.15, 0.2) is 6.17 Å². The molecule has 0 heterocycles. The van der Waals surface area contributed by atoms with Gasteiger partial charge in [-0.15, -0.1) is 0 Å². The molecule has 5 heteroatoms. The number of hydrogen-bond donors (Lipinski definition) is 2. The van der Waals surface area contributed by atoms with E-state index >= 15 is 0 Å². The van der Waals surface area contributed by atoms with Crippen molar-refractivity contribution in [3.05, 3.63) is 0 Å². The molecule has 1 nitrogen and oxygen atoms in total. The number of rotatable bonds is 3. The predicted molar refractivity (Wildman–Crippen MR) is 96.6 cm³/mol. The highest BCUT2D eigenvalue weighted by Gasteiger charge is 2.45. The molecule has 0 aliphatic heterocycles. The lowest BCUT2D eigenvalue weighted by atomic mass is 9.65. The van der Waals surface area contributed by atoms with Crippen molar-refractivity contribution < 1.29 is 13.0 Å². The molecule has 0 saturated heterocycles. The van der Waals surface area contributed by atoms with E-state index in [9.17, 15) is 8.78 Å². The fourth-order valence-corrected chi connectivity index (χ4v) is 5.86. The zero-order chi connectivity index (χ0) is 16.4. The molecule has 3 saturated carbocycles. The lowest BCUT2D eigenvalue weighted by Crippen LogP contribution is -2.45. The number of thiol groups is 2. The van der Waals surface area contributed by atoms with Gasteiger partial charge in [-0.05, 0) is 101 Å². The number of hydrogen-bond acceptors (Lipinski definition) is 3. The van der Waals surface area contributed by atoms with Crippen LogP contribution in [0.1, 0.15) is 64.2 Å². The third-order valence-corrected chi connectivity index (χ3v) is 7.61. The molecule has 0 spiro atoms. The summed E-state index contributed by atoms with van der Waals surface area (Å²) in [6, 6.07) is 0. The van der Waals surface area contributed by atoms with Gasteiger partial charge in [-0.25, -0.2) is 8.78 Å². The molecule has 0 amide bonds. The van der Waals surface area contributed by atoms with E-state index in [1.165, 1.54) is 38.5 Å². The van der Waals surface area contributed by atoms with Crippen LogP contribution < -0.4 is 0 Å². The van der Waals surface area contributed by atoms with E-state index in [1.54, 1.807) is 0 Å². The van der Waals surface area contributed by atoms with Gasteiger partial charge in [0.25, 0.3) is 0 Å². The van der Waals surface area contributed by atoms with Gasteiger partial charge in [0, 0.05) is 5.25 Å². The summed E-state index contributed by atoms with van der Waals surface area (Å²) in [5, 5.41) is 0.598. The van der Waals surface area contributed by atoms with Crippen LogP contribution in [0, 0.1) is 23.7 Å². The molecule has 0 aromatic heterocycles. The molecule has 134 valence electrons. The van der Waals surface area contributed by atoms with Gasteiger partial charge in [-0.3, -0.25) is 0 Å². The molecular weight excluding hydrogens is 334 g/mol. The molecule has 3 rings (SSSR count). The van der Waals surface area contributed by atoms with Gasteiger partial charge >= 0.3 is 0 Å². The van der Waals surface area contributed by atoms with Gasteiger partial charge in [0.05, 0.1) is 0 Å². The van der Waals surface area contributed by atoms with Crippen LogP contribution >= 0.6 is 25.5 Å². The lowest BCUT2D eigenvalue weighted by Gasteiger charge is -2.42. The quantitative estimate of drug-likeness (QED) is 0.490. The second-order valence-electron chi connectivity index (χ2n) is 8.02. The average Bonchev–Trinajstić information content (AvgIpc) is 2.58. The normalized spacial score (nSPS) is 49.0. The van der Waals surface area contributed by atoms with E-state index in [2.05, 4.69) is 25.5 Å². The maximum Gasteiger partial charge on any atom is 0.159 e. The fourth-order valence-electron chi connectivity index (χ4n) is 5.34. The van der Waals surface area contributed by atoms with Crippen molar-refractivity contribution in [1.82, 2.24) is 0 Å². The zero-order valence-electron chi connectivity index (χ0n) is 13.7. The molecule has 4 unspecified atom stereocenters. The lowest BCUT2D eigenvalue weighted by molar-refractivity contribution is -0.0390. The van der Waals surface area contributed by atoms with Gasteiger partial charge in [0.2, 0.25) is 0 Å². The van der Waals surface area contributed by atoms with Crippen LogP contribution in [0.5, 0.6) is 0 Å². The summed E-state index contributed by atoms with van der Waals surface area (Å²) in [5.41, 5.74) is 0. The first-order valence-corrected chi connectivity index (χ1v) is 10.2. The smallest absolute Gasteiger partial charge is 0.159 e. The van der Waals surface area contributed by atoms with Crippen molar-refractivity contribution >= 4 is 25.5 Å². The Morgan fingerprint density at radius 2 is 1.17 bits per heavy atom. The summed E-state index contributed by atoms with van der Waals surface area (Å²) in [6.07, 6.45) is 7.49. The molecule has 0 radical (unpaired) electrons. The number of halogens is 2. The predicted octanol–water partition coefficient (Wildman–Crippen LogP) is 5.60. The molecule has 3 fully saturated rings. The van der Waals surface area contributed by atoms with Crippen molar-refractivity contribution in [2.24, 2.45) is 23.7 Å². The molecule has 4 atom stereocenters. The zero-order valence-corrected chi connectivity index (χ0v) is 15.5. The van der Waals surface area contributed by atoms with Crippen LogP contribution in [0.2, 0.25) is 0 Å². The third-order valence-electron chi connectivity index (χ3n) is 6.82. The topological polar surface area (TPSA) is 9.23 Å². The maximum atomic E-state index is 14.5. The Kier molecular flexibility index (Phi) is 6.58. The molecule has 23 heavy (non-hydrogen) atoms. The molecule has 0 N–H and O–H groups in total. The summed E-state index contributed by atoms with van der Waals surface area (Å²) < 4.78 is 33.3. The molecule has 3 aliphatic rings. The van der Waals surface area contributed by atoms with Crippen molar-refractivity contribution in [2.45, 2.75) is 87.9 Å². The Labute approximate surface area is 150 Å². The van der Waals surface area contributed by atoms with Crippen molar-refractivity contribution in [2.75, 3.05) is 0 Å². The van der Waals surface area contributed by atoms with Crippen molar-refractivity contribution in [3.8, 4) is 0 Å². The van der Waals surface area contributed by atoms with Crippen LogP contribution in [0.3, 0.4) is 0 Å². The third kappa shape index (κ3) is 4.20. The van der Waals surface area contributed by atoms with Gasteiger partial charge in [0.1, 0.15) is 12.3 Å². The first kappa shape index (κ1) is 18.3. The summed E-state index contributed by atoms with van der Waals surface area (Å²) in [6.45, 7) is 0. The highest BCUT2D eigenvalue weighted by molar-refractivity contribution is 7.80. The second kappa shape index (κ2) is 8.27. The summed E-state index contributed by atoms with van der Waals surface area (Å²) in [7, 11) is 0. The van der Waals surface area contributed by atoms with Crippen LogP contribution in [-0.4, -0.2) is 23.7 Å². The van der Waals surface area contributed by atoms with E-state index in [-0.39, 0.29) is 5.92 Å². The highest BCUT2D eigenvalue weighted by Crippen LogP contribution is 2.46.